The van der Waals surface area contributed by atoms with Crippen molar-refractivity contribution in [1.29, 1.82) is 0 Å². The highest BCUT2D eigenvalue weighted by Gasteiger charge is 2.28. The summed E-state index contributed by atoms with van der Waals surface area (Å²) in [5.41, 5.74) is 0.376. The van der Waals surface area contributed by atoms with Gasteiger partial charge in [-0.3, -0.25) is 9.10 Å². The lowest BCUT2D eigenvalue weighted by atomic mass is 10.2. The van der Waals surface area contributed by atoms with Crippen LogP contribution in [0.4, 0.5) is 14.5 Å². The van der Waals surface area contributed by atoms with Gasteiger partial charge in [-0.05, 0) is 36.6 Å². The molecule has 1 heterocycles. The van der Waals surface area contributed by atoms with Crippen molar-refractivity contribution in [2.75, 3.05) is 10.8 Å². The van der Waals surface area contributed by atoms with Gasteiger partial charge in [-0.15, -0.1) is 11.3 Å². The number of carbonyl (C=O) groups is 1. The summed E-state index contributed by atoms with van der Waals surface area (Å²) in [5, 5.41) is 4.18. The summed E-state index contributed by atoms with van der Waals surface area (Å²) in [5.74, 6) is -2.01. The zero-order valence-corrected chi connectivity index (χ0v) is 17.1. The fourth-order valence-electron chi connectivity index (χ4n) is 2.78. The van der Waals surface area contributed by atoms with E-state index < -0.39 is 27.6 Å². The van der Waals surface area contributed by atoms with Crippen molar-refractivity contribution in [1.82, 2.24) is 5.32 Å². The van der Waals surface area contributed by atoms with E-state index in [9.17, 15) is 22.0 Å². The van der Waals surface area contributed by atoms with Gasteiger partial charge in [0.15, 0.2) is 0 Å². The number of thiophene rings is 1. The molecule has 29 heavy (non-hydrogen) atoms. The average Bonchev–Trinajstić information content (AvgIpc) is 3.17. The summed E-state index contributed by atoms with van der Waals surface area (Å²) < 4.78 is 54.0. The summed E-state index contributed by atoms with van der Waals surface area (Å²) >= 11 is 1.08. The van der Waals surface area contributed by atoms with Crippen LogP contribution < -0.4 is 9.62 Å². The fourth-order valence-corrected chi connectivity index (χ4v) is 5.15. The Hall–Kier alpha value is -2.78. The normalized spacial score (nSPS) is 11.3. The smallest absolute Gasteiger partial charge is 0.264 e. The van der Waals surface area contributed by atoms with Gasteiger partial charge in [0.05, 0.1) is 10.6 Å². The summed E-state index contributed by atoms with van der Waals surface area (Å²) in [4.78, 5) is 13.0. The Morgan fingerprint density at radius 1 is 1.10 bits per heavy atom. The van der Waals surface area contributed by atoms with Crippen LogP contribution in [0.15, 0.2) is 64.9 Å². The second-order valence-corrected chi connectivity index (χ2v) is 8.81. The highest BCUT2D eigenvalue weighted by molar-refractivity contribution is 7.92. The minimum absolute atomic E-state index is 0.118. The lowest BCUT2D eigenvalue weighted by Gasteiger charge is -2.23. The van der Waals surface area contributed by atoms with Crippen molar-refractivity contribution in [3.63, 3.8) is 0 Å². The monoisotopic (exact) mass is 436 g/mol. The van der Waals surface area contributed by atoms with E-state index >= 15 is 0 Å². The Labute approximate surface area is 171 Å². The molecule has 3 rings (SSSR count). The molecule has 5 nitrogen and oxygen atoms in total. The Bertz CT molecular complexity index is 1120. The molecular formula is C20H18F2N2O3S2. The van der Waals surface area contributed by atoms with Crippen molar-refractivity contribution >= 4 is 33.0 Å². The number of rotatable bonds is 7. The third kappa shape index (κ3) is 4.46. The summed E-state index contributed by atoms with van der Waals surface area (Å²) in [6.45, 7) is 1.65. The maximum atomic E-state index is 13.8. The molecule has 0 spiro atoms. The van der Waals surface area contributed by atoms with Crippen molar-refractivity contribution in [2.45, 2.75) is 18.4 Å². The van der Waals surface area contributed by atoms with E-state index in [1.807, 2.05) is 0 Å². The zero-order chi connectivity index (χ0) is 21.0. The van der Waals surface area contributed by atoms with E-state index in [1.54, 1.807) is 36.6 Å². The molecule has 1 aromatic heterocycles. The molecule has 0 aliphatic heterocycles. The molecule has 0 radical (unpaired) electrons. The molecule has 1 N–H and O–H groups in total. The Balaban J connectivity index is 1.84. The van der Waals surface area contributed by atoms with Gasteiger partial charge >= 0.3 is 0 Å². The summed E-state index contributed by atoms with van der Waals surface area (Å²) in [6, 6.07) is 12.6. The molecule has 0 unspecified atom stereocenters. The highest BCUT2D eigenvalue weighted by Crippen LogP contribution is 2.31. The van der Waals surface area contributed by atoms with E-state index in [4.69, 9.17) is 0 Å². The van der Waals surface area contributed by atoms with Crippen LogP contribution in [0, 0.1) is 11.6 Å². The second kappa shape index (κ2) is 8.71. The number of amides is 1. The minimum Gasteiger partial charge on any atom is -0.347 e. The first-order chi connectivity index (χ1) is 13.8. The maximum absolute atomic E-state index is 13.8. The first-order valence-electron chi connectivity index (χ1n) is 8.72. The molecule has 0 saturated carbocycles. The molecule has 0 atom stereocenters. The SMILES string of the molecule is CCN(c1ccsc1C(=O)NCc1ccc(F)cc1F)S(=O)(=O)c1ccccc1. The van der Waals surface area contributed by atoms with Gasteiger partial charge < -0.3 is 5.32 Å². The fraction of sp³-hybridized carbons (Fsp3) is 0.150. The molecule has 152 valence electrons. The molecule has 0 aliphatic carbocycles. The number of carbonyl (C=O) groups excluding carboxylic acids is 1. The second-order valence-electron chi connectivity index (χ2n) is 6.04. The molecular weight excluding hydrogens is 418 g/mol. The Morgan fingerprint density at radius 3 is 2.48 bits per heavy atom. The first kappa shape index (κ1) is 20.9. The van der Waals surface area contributed by atoms with Gasteiger partial charge in [0.1, 0.15) is 16.5 Å². The van der Waals surface area contributed by atoms with Gasteiger partial charge in [0, 0.05) is 24.7 Å². The van der Waals surface area contributed by atoms with Crippen LogP contribution in [0.1, 0.15) is 22.2 Å². The Kier molecular flexibility index (Phi) is 6.29. The van der Waals surface area contributed by atoms with Crippen LogP contribution in [0.5, 0.6) is 0 Å². The van der Waals surface area contributed by atoms with Crippen molar-refractivity contribution in [3.8, 4) is 0 Å². The van der Waals surface area contributed by atoms with Crippen LogP contribution in [0.25, 0.3) is 0 Å². The van der Waals surface area contributed by atoms with Gasteiger partial charge in [0.2, 0.25) is 0 Å². The third-order valence-electron chi connectivity index (χ3n) is 4.19. The minimum atomic E-state index is -3.85. The lowest BCUT2D eigenvalue weighted by molar-refractivity contribution is 0.0955. The molecule has 2 aromatic carbocycles. The van der Waals surface area contributed by atoms with Gasteiger partial charge in [0.25, 0.3) is 15.9 Å². The van der Waals surface area contributed by atoms with E-state index in [0.29, 0.717) is 0 Å². The topological polar surface area (TPSA) is 66.5 Å². The summed E-state index contributed by atoms with van der Waals surface area (Å²) in [6.07, 6.45) is 0. The number of sulfonamides is 1. The number of anilines is 1. The van der Waals surface area contributed by atoms with E-state index in [2.05, 4.69) is 5.32 Å². The van der Waals surface area contributed by atoms with E-state index in [0.717, 1.165) is 27.8 Å². The van der Waals surface area contributed by atoms with Gasteiger partial charge in [-0.2, -0.15) is 0 Å². The molecule has 0 aliphatic rings. The van der Waals surface area contributed by atoms with Crippen LogP contribution in [0.2, 0.25) is 0 Å². The Morgan fingerprint density at radius 2 is 1.83 bits per heavy atom. The van der Waals surface area contributed by atoms with Crippen LogP contribution >= 0.6 is 11.3 Å². The standard InChI is InChI=1S/C20H18F2N2O3S2/c1-2-24(29(26,27)16-6-4-3-5-7-16)18-10-11-28-19(18)20(25)23-13-14-8-9-15(21)12-17(14)22/h3-12H,2,13H2,1H3,(H,23,25). The average molecular weight is 437 g/mol. The maximum Gasteiger partial charge on any atom is 0.264 e. The van der Waals surface area contributed by atoms with Crippen LogP contribution in [-0.4, -0.2) is 20.9 Å². The summed E-state index contributed by atoms with van der Waals surface area (Å²) in [7, 11) is -3.85. The number of nitrogens with one attached hydrogen (secondary N) is 1. The largest absolute Gasteiger partial charge is 0.347 e. The van der Waals surface area contributed by atoms with E-state index in [1.165, 1.54) is 18.2 Å². The first-order valence-corrected chi connectivity index (χ1v) is 11.0. The number of hydrogen-bond donors (Lipinski definition) is 1. The number of hydrogen-bond acceptors (Lipinski definition) is 4. The highest BCUT2D eigenvalue weighted by atomic mass is 32.2. The van der Waals surface area contributed by atoms with Crippen LogP contribution in [0.3, 0.4) is 0 Å². The van der Waals surface area contributed by atoms with E-state index in [-0.39, 0.29) is 34.1 Å². The number of benzene rings is 2. The molecule has 3 aromatic rings. The van der Waals surface area contributed by atoms with Crippen LogP contribution in [-0.2, 0) is 16.6 Å². The predicted molar refractivity (Wildman–Crippen MR) is 108 cm³/mol. The predicted octanol–water partition coefficient (Wildman–Crippen LogP) is 4.17. The van der Waals surface area contributed by atoms with Gasteiger partial charge in [-0.25, -0.2) is 17.2 Å². The third-order valence-corrected chi connectivity index (χ3v) is 7.00. The van der Waals surface area contributed by atoms with Crippen molar-refractivity contribution in [2.24, 2.45) is 0 Å². The van der Waals surface area contributed by atoms with Crippen molar-refractivity contribution in [3.05, 3.63) is 82.1 Å². The number of halogens is 2. The quantitative estimate of drug-likeness (QED) is 0.605. The van der Waals surface area contributed by atoms with Crippen molar-refractivity contribution < 1.29 is 22.0 Å². The number of nitrogens with zero attached hydrogens (tertiary/aromatic N) is 1. The molecule has 1 amide bonds. The zero-order valence-electron chi connectivity index (χ0n) is 15.4. The molecule has 9 heteroatoms. The van der Waals surface area contributed by atoms with Gasteiger partial charge in [-0.1, -0.05) is 24.3 Å². The molecule has 0 fully saturated rings. The molecule has 0 bridgehead atoms. The lowest BCUT2D eigenvalue weighted by Crippen LogP contribution is -2.33. The molecule has 0 saturated heterocycles.